The van der Waals surface area contributed by atoms with E-state index in [2.05, 4.69) is 30.9 Å². The summed E-state index contributed by atoms with van der Waals surface area (Å²) in [7, 11) is 0. The molecule has 112 valence electrons. The zero-order valence-corrected chi connectivity index (χ0v) is 13.5. The Hall–Kier alpha value is -1.16. The molecule has 3 nitrogen and oxygen atoms in total. The third kappa shape index (κ3) is 2.78. The summed E-state index contributed by atoms with van der Waals surface area (Å²) in [4.78, 5) is 7.18. The van der Waals surface area contributed by atoms with Crippen LogP contribution in [-0.4, -0.2) is 29.5 Å². The molecule has 0 spiro atoms. The van der Waals surface area contributed by atoms with Crippen LogP contribution < -0.4 is 5.73 Å². The van der Waals surface area contributed by atoms with E-state index in [0.29, 0.717) is 0 Å². The maximum absolute atomic E-state index is 6.54. The topological polar surface area (TPSA) is 42.1 Å². The molecule has 4 heteroatoms. The van der Waals surface area contributed by atoms with Crippen molar-refractivity contribution in [3.63, 3.8) is 0 Å². The molecular formula is C17H22ClN3. The van der Waals surface area contributed by atoms with Gasteiger partial charge < -0.3 is 5.73 Å². The van der Waals surface area contributed by atoms with Crippen LogP contribution in [0.3, 0.4) is 0 Å². The van der Waals surface area contributed by atoms with Crippen LogP contribution >= 0.6 is 11.6 Å². The van der Waals surface area contributed by atoms with Crippen molar-refractivity contribution in [3.05, 3.63) is 40.5 Å². The zero-order valence-electron chi connectivity index (χ0n) is 12.7. The Morgan fingerprint density at radius 3 is 2.86 bits per heavy atom. The molecule has 1 aliphatic heterocycles. The number of nitrogens with two attached hydrogens (primary N) is 1. The molecule has 2 aromatic rings. The average molecular weight is 304 g/mol. The number of fused-ring (bicyclic) bond motifs is 1. The molecule has 0 saturated carbocycles. The first-order valence-electron chi connectivity index (χ1n) is 7.48. The molecule has 1 atom stereocenters. The van der Waals surface area contributed by atoms with Gasteiger partial charge in [-0.2, -0.15) is 0 Å². The van der Waals surface area contributed by atoms with Crippen LogP contribution in [0.2, 0.25) is 5.02 Å². The van der Waals surface area contributed by atoms with E-state index in [1.165, 1.54) is 0 Å². The summed E-state index contributed by atoms with van der Waals surface area (Å²) in [6, 6.07) is 8.18. The van der Waals surface area contributed by atoms with Gasteiger partial charge in [0, 0.05) is 18.5 Å². The Bertz CT molecular complexity index is 670. The molecule has 1 aromatic carbocycles. The summed E-state index contributed by atoms with van der Waals surface area (Å²) < 4.78 is 0. The second kappa shape index (κ2) is 5.56. The number of para-hydroxylation sites is 1. The first-order valence-corrected chi connectivity index (χ1v) is 7.86. The van der Waals surface area contributed by atoms with Crippen LogP contribution in [0, 0.1) is 12.3 Å². The molecule has 1 fully saturated rings. The van der Waals surface area contributed by atoms with E-state index in [4.69, 9.17) is 22.3 Å². The molecule has 0 amide bonds. The number of likely N-dealkylation sites (tertiary alicyclic amines) is 1. The number of halogens is 1. The van der Waals surface area contributed by atoms with Gasteiger partial charge >= 0.3 is 0 Å². The largest absolute Gasteiger partial charge is 0.330 e. The Morgan fingerprint density at radius 2 is 2.14 bits per heavy atom. The molecule has 0 aliphatic carbocycles. The first kappa shape index (κ1) is 14.8. The molecule has 3 rings (SSSR count). The normalized spacial score (nSPS) is 23.0. The van der Waals surface area contributed by atoms with Crippen molar-refractivity contribution >= 4 is 22.5 Å². The Kier molecular flexibility index (Phi) is 3.91. The maximum atomic E-state index is 6.54. The van der Waals surface area contributed by atoms with Crippen LogP contribution in [0.4, 0.5) is 0 Å². The van der Waals surface area contributed by atoms with Gasteiger partial charge in [0.15, 0.2) is 0 Å². The van der Waals surface area contributed by atoms with Crippen LogP contribution in [0.1, 0.15) is 24.6 Å². The van der Waals surface area contributed by atoms with Gasteiger partial charge in [-0.05, 0) is 43.5 Å². The van der Waals surface area contributed by atoms with E-state index in [1.807, 2.05) is 12.1 Å². The molecule has 2 heterocycles. The lowest BCUT2D eigenvalue weighted by atomic mass is 9.90. The SMILES string of the molecule is Cc1c(Cl)c(CN2CCC(C)(CN)C2)nc2ccccc12. The summed E-state index contributed by atoms with van der Waals surface area (Å²) in [5, 5.41) is 1.94. The molecule has 21 heavy (non-hydrogen) atoms. The predicted octanol–water partition coefficient (Wildman–Crippen LogP) is 3.37. The zero-order chi connectivity index (χ0) is 15.0. The Morgan fingerprint density at radius 1 is 1.38 bits per heavy atom. The van der Waals surface area contributed by atoms with Crippen molar-refractivity contribution in [2.75, 3.05) is 19.6 Å². The molecule has 1 saturated heterocycles. The molecule has 1 aromatic heterocycles. The number of aromatic nitrogens is 1. The highest BCUT2D eigenvalue weighted by atomic mass is 35.5. The standard InChI is InChI=1S/C17H22ClN3/c1-12-13-5-3-4-6-14(13)20-15(16(12)18)9-21-8-7-17(2,10-19)11-21/h3-6H,7-11,19H2,1-2H3. The van der Waals surface area contributed by atoms with Gasteiger partial charge in [-0.3, -0.25) is 4.90 Å². The van der Waals surface area contributed by atoms with Crippen molar-refractivity contribution in [2.24, 2.45) is 11.1 Å². The minimum Gasteiger partial charge on any atom is -0.330 e. The highest BCUT2D eigenvalue weighted by Crippen LogP contribution is 2.32. The number of aryl methyl sites for hydroxylation is 1. The van der Waals surface area contributed by atoms with E-state index in [-0.39, 0.29) is 5.41 Å². The molecular weight excluding hydrogens is 282 g/mol. The number of hydrogen-bond donors (Lipinski definition) is 1. The van der Waals surface area contributed by atoms with Gasteiger partial charge in [-0.1, -0.05) is 36.7 Å². The van der Waals surface area contributed by atoms with Crippen LogP contribution in [0.15, 0.2) is 24.3 Å². The van der Waals surface area contributed by atoms with Gasteiger partial charge in [-0.15, -0.1) is 0 Å². The minimum atomic E-state index is 0.234. The monoisotopic (exact) mass is 303 g/mol. The van der Waals surface area contributed by atoms with E-state index in [0.717, 1.165) is 59.8 Å². The Balaban J connectivity index is 1.90. The van der Waals surface area contributed by atoms with Crippen molar-refractivity contribution in [1.29, 1.82) is 0 Å². The summed E-state index contributed by atoms with van der Waals surface area (Å²) in [6.45, 7) is 7.96. The highest BCUT2D eigenvalue weighted by molar-refractivity contribution is 6.32. The fourth-order valence-corrected chi connectivity index (χ4v) is 3.37. The van der Waals surface area contributed by atoms with Crippen molar-refractivity contribution in [3.8, 4) is 0 Å². The molecule has 1 unspecified atom stereocenters. The minimum absolute atomic E-state index is 0.234. The van der Waals surface area contributed by atoms with E-state index in [1.54, 1.807) is 0 Å². The lowest BCUT2D eigenvalue weighted by molar-refractivity contribution is 0.272. The Labute approximate surface area is 131 Å². The molecule has 0 radical (unpaired) electrons. The smallest absolute Gasteiger partial charge is 0.0740 e. The summed E-state index contributed by atoms with van der Waals surface area (Å²) in [5.41, 5.74) is 9.25. The average Bonchev–Trinajstić information content (AvgIpc) is 2.87. The predicted molar refractivity (Wildman–Crippen MR) is 88.5 cm³/mol. The fraction of sp³-hybridized carbons (Fsp3) is 0.471. The second-order valence-electron chi connectivity index (χ2n) is 6.49. The van der Waals surface area contributed by atoms with Gasteiger partial charge in [0.2, 0.25) is 0 Å². The van der Waals surface area contributed by atoms with Gasteiger partial charge in [0.25, 0.3) is 0 Å². The van der Waals surface area contributed by atoms with Gasteiger partial charge in [0.1, 0.15) is 0 Å². The number of hydrogen-bond acceptors (Lipinski definition) is 3. The van der Waals surface area contributed by atoms with Crippen molar-refractivity contribution in [2.45, 2.75) is 26.8 Å². The fourth-order valence-electron chi connectivity index (χ4n) is 3.16. The molecule has 0 bridgehead atoms. The van der Waals surface area contributed by atoms with Gasteiger partial charge in [-0.25, -0.2) is 4.98 Å². The van der Waals surface area contributed by atoms with E-state index >= 15 is 0 Å². The quantitative estimate of drug-likeness (QED) is 0.945. The van der Waals surface area contributed by atoms with Crippen LogP contribution in [-0.2, 0) is 6.54 Å². The number of rotatable bonds is 3. The van der Waals surface area contributed by atoms with Gasteiger partial charge in [0.05, 0.1) is 16.2 Å². The van der Waals surface area contributed by atoms with Crippen LogP contribution in [0.5, 0.6) is 0 Å². The number of nitrogens with zero attached hydrogens (tertiary/aromatic N) is 2. The summed E-state index contributed by atoms with van der Waals surface area (Å²) in [6.07, 6.45) is 1.15. The lowest BCUT2D eigenvalue weighted by Crippen LogP contribution is -2.31. The van der Waals surface area contributed by atoms with E-state index < -0.39 is 0 Å². The van der Waals surface area contributed by atoms with Crippen molar-refractivity contribution < 1.29 is 0 Å². The second-order valence-corrected chi connectivity index (χ2v) is 6.87. The first-order chi connectivity index (χ1) is 10.0. The summed E-state index contributed by atoms with van der Waals surface area (Å²) in [5.74, 6) is 0. The third-order valence-electron chi connectivity index (χ3n) is 4.65. The molecule has 1 aliphatic rings. The van der Waals surface area contributed by atoms with Crippen LogP contribution in [0.25, 0.3) is 10.9 Å². The third-order valence-corrected chi connectivity index (χ3v) is 5.15. The van der Waals surface area contributed by atoms with Crippen molar-refractivity contribution in [1.82, 2.24) is 9.88 Å². The molecule has 2 N–H and O–H groups in total. The lowest BCUT2D eigenvalue weighted by Gasteiger charge is -2.23. The highest BCUT2D eigenvalue weighted by Gasteiger charge is 2.32. The summed E-state index contributed by atoms with van der Waals surface area (Å²) >= 11 is 6.54. The number of benzene rings is 1. The van der Waals surface area contributed by atoms with E-state index in [9.17, 15) is 0 Å². The maximum Gasteiger partial charge on any atom is 0.0740 e. The number of pyridine rings is 1.